The minimum atomic E-state index is 1.15. The molecule has 0 saturated carbocycles. The van der Waals surface area contributed by atoms with Gasteiger partial charge in [0.25, 0.3) is 0 Å². The second kappa shape index (κ2) is 14.0. The van der Waals surface area contributed by atoms with Gasteiger partial charge in [-0.3, -0.25) is 0 Å². The summed E-state index contributed by atoms with van der Waals surface area (Å²) in [5.74, 6) is 0. The van der Waals surface area contributed by atoms with E-state index in [1.165, 1.54) is 64.2 Å². The van der Waals surface area contributed by atoms with Gasteiger partial charge in [-0.25, -0.2) is 0 Å². The molecule has 0 rings (SSSR count). The molecule has 0 aromatic carbocycles. The van der Waals surface area contributed by atoms with Crippen LogP contribution in [0.5, 0.6) is 0 Å². The Bertz CT molecular complexity index is 129. The van der Waals surface area contributed by atoms with Gasteiger partial charge in [-0.15, -0.1) is 0 Å². The van der Waals surface area contributed by atoms with Gasteiger partial charge in [0.15, 0.2) is 0 Å². The van der Waals surface area contributed by atoms with E-state index in [1.807, 2.05) is 6.08 Å². The lowest BCUT2D eigenvalue weighted by molar-refractivity contribution is 0.557. The highest BCUT2D eigenvalue weighted by Gasteiger charge is 1.91. The van der Waals surface area contributed by atoms with E-state index < -0.39 is 0 Å². The Balaban J connectivity index is 2.86. The van der Waals surface area contributed by atoms with E-state index in [2.05, 4.69) is 6.92 Å². The second-order valence-electron chi connectivity index (χ2n) is 4.33. The molecular formula is C14H27Cl. The maximum atomic E-state index is 5.44. The molecule has 0 aromatic heterocycles. The lowest BCUT2D eigenvalue weighted by atomic mass is 10.1. The summed E-state index contributed by atoms with van der Waals surface area (Å²) in [5, 5.41) is 0. The van der Waals surface area contributed by atoms with Crippen molar-refractivity contribution in [3.8, 4) is 0 Å². The summed E-state index contributed by atoms with van der Waals surface area (Å²) in [7, 11) is 0. The SMILES string of the molecule is CCCCCCCCCCCC/C=C/Cl. The van der Waals surface area contributed by atoms with Gasteiger partial charge in [0.1, 0.15) is 0 Å². The Kier molecular flexibility index (Phi) is 14.1. The third kappa shape index (κ3) is 14.0. The van der Waals surface area contributed by atoms with Crippen LogP contribution in [0.4, 0.5) is 0 Å². The maximum absolute atomic E-state index is 5.44. The largest absolute Gasteiger partial charge is 0.0933 e. The normalized spacial score (nSPS) is 11.3. The number of unbranched alkanes of at least 4 members (excludes halogenated alkanes) is 10. The van der Waals surface area contributed by atoms with Crippen molar-refractivity contribution in [3.05, 3.63) is 11.6 Å². The number of hydrogen-bond acceptors (Lipinski definition) is 0. The van der Waals surface area contributed by atoms with E-state index in [9.17, 15) is 0 Å². The van der Waals surface area contributed by atoms with Crippen LogP contribution >= 0.6 is 11.6 Å². The molecule has 1 heteroatoms. The van der Waals surface area contributed by atoms with Gasteiger partial charge in [-0.1, -0.05) is 82.4 Å². The lowest BCUT2D eigenvalue weighted by Gasteiger charge is -2.01. The molecule has 90 valence electrons. The first-order chi connectivity index (χ1) is 7.41. The Morgan fingerprint density at radius 3 is 1.67 bits per heavy atom. The van der Waals surface area contributed by atoms with Gasteiger partial charge in [0.2, 0.25) is 0 Å². The van der Waals surface area contributed by atoms with Crippen LogP contribution in [0.25, 0.3) is 0 Å². The summed E-state index contributed by atoms with van der Waals surface area (Å²) in [4.78, 5) is 0. The molecular weight excluding hydrogens is 204 g/mol. The zero-order valence-electron chi connectivity index (χ0n) is 10.3. The Morgan fingerprint density at radius 2 is 1.20 bits per heavy atom. The van der Waals surface area contributed by atoms with Crippen LogP contribution in [-0.4, -0.2) is 0 Å². The highest BCUT2D eigenvalue weighted by Crippen LogP contribution is 2.11. The van der Waals surface area contributed by atoms with Gasteiger partial charge in [-0.05, 0) is 12.8 Å². The number of halogens is 1. The standard InChI is InChI=1S/C14H27Cl/c1-2-3-4-5-6-7-8-9-10-11-12-13-14-15/h13-14H,2-12H2,1H3/b14-13+. The van der Waals surface area contributed by atoms with Crippen LogP contribution in [0.2, 0.25) is 0 Å². The summed E-state index contributed by atoms with van der Waals surface area (Å²) < 4.78 is 0. The monoisotopic (exact) mass is 230 g/mol. The highest BCUT2D eigenvalue weighted by molar-refractivity contribution is 6.25. The molecule has 0 aliphatic carbocycles. The topological polar surface area (TPSA) is 0 Å². The molecule has 0 bridgehead atoms. The third-order valence-corrected chi connectivity index (χ3v) is 2.99. The molecule has 0 spiro atoms. The van der Waals surface area contributed by atoms with Crippen molar-refractivity contribution in [2.24, 2.45) is 0 Å². The molecule has 0 heterocycles. The average Bonchev–Trinajstić information content (AvgIpc) is 2.26. The van der Waals surface area contributed by atoms with Gasteiger partial charge < -0.3 is 0 Å². The first kappa shape index (κ1) is 15.0. The van der Waals surface area contributed by atoms with Gasteiger partial charge in [0, 0.05) is 5.54 Å². The van der Waals surface area contributed by atoms with E-state index in [-0.39, 0.29) is 0 Å². The lowest BCUT2D eigenvalue weighted by Crippen LogP contribution is -1.81. The second-order valence-corrected chi connectivity index (χ2v) is 4.58. The molecule has 0 atom stereocenters. The van der Waals surface area contributed by atoms with Crippen LogP contribution in [-0.2, 0) is 0 Å². The van der Waals surface area contributed by atoms with Crippen LogP contribution in [0.3, 0.4) is 0 Å². The molecule has 0 unspecified atom stereocenters. The molecule has 0 aliphatic rings. The van der Waals surface area contributed by atoms with Crippen LogP contribution in [0.15, 0.2) is 11.6 Å². The predicted molar refractivity (Wildman–Crippen MR) is 71.5 cm³/mol. The highest BCUT2D eigenvalue weighted by atomic mass is 35.5. The molecule has 0 saturated heterocycles. The van der Waals surface area contributed by atoms with Crippen LogP contribution < -0.4 is 0 Å². The number of allylic oxidation sites excluding steroid dienone is 1. The summed E-state index contributed by atoms with van der Waals surface area (Å²) in [6, 6.07) is 0. The zero-order chi connectivity index (χ0) is 11.2. The minimum Gasteiger partial charge on any atom is -0.0933 e. The predicted octanol–water partition coefficient (Wildman–Crippen LogP) is 6.05. The Labute approximate surface area is 101 Å². The first-order valence-corrected chi connectivity index (χ1v) is 7.10. The summed E-state index contributed by atoms with van der Waals surface area (Å²) in [5.41, 5.74) is 1.63. The van der Waals surface area contributed by atoms with Crippen molar-refractivity contribution in [1.82, 2.24) is 0 Å². The smallest absolute Gasteiger partial charge is 0.000245 e. The van der Waals surface area contributed by atoms with Crippen LogP contribution in [0, 0.1) is 0 Å². The first-order valence-electron chi connectivity index (χ1n) is 6.67. The summed E-state index contributed by atoms with van der Waals surface area (Å²) in [6.07, 6.45) is 17.3. The maximum Gasteiger partial charge on any atom is 0.000245 e. The van der Waals surface area contributed by atoms with Crippen molar-refractivity contribution in [3.63, 3.8) is 0 Å². The summed E-state index contributed by atoms with van der Waals surface area (Å²) in [6.45, 7) is 2.27. The van der Waals surface area contributed by atoms with Gasteiger partial charge in [-0.2, -0.15) is 0 Å². The Hall–Kier alpha value is 0.0300. The zero-order valence-corrected chi connectivity index (χ0v) is 11.1. The molecule has 15 heavy (non-hydrogen) atoms. The number of hydrogen-bond donors (Lipinski definition) is 0. The van der Waals surface area contributed by atoms with Gasteiger partial charge in [0.05, 0.1) is 0 Å². The van der Waals surface area contributed by atoms with Gasteiger partial charge >= 0.3 is 0 Å². The Morgan fingerprint density at radius 1 is 0.733 bits per heavy atom. The van der Waals surface area contributed by atoms with E-state index in [0.29, 0.717) is 0 Å². The van der Waals surface area contributed by atoms with E-state index in [4.69, 9.17) is 11.6 Å². The van der Waals surface area contributed by atoms with Crippen molar-refractivity contribution < 1.29 is 0 Å². The fourth-order valence-electron chi connectivity index (χ4n) is 1.81. The molecule has 0 amide bonds. The molecule has 0 radical (unpaired) electrons. The average molecular weight is 231 g/mol. The fraction of sp³-hybridized carbons (Fsp3) is 0.857. The molecule has 0 aliphatic heterocycles. The fourth-order valence-corrected chi connectivity index (χ4v) is 1.94. The quantitative estimate of drug-likeness (QED) is 0.379. The van der Waals surface area contributed by atoms with Crippen LogP contribution in [0.1, 0.15) is 77.6 Å². The summed E-state index contributed by atoms with van der Waals surface area (Å²) >= 11 is 5.44. The molecule has 0 aromatic rings. The number of rotatable bonds is 11. The van der Waals surface area contributed by atoms with E-state index >= 15 is 0 Å². The molecule has 0 fully saturated rings. The van der Waals surface area contributed by atoms with Crippen molar-refractivity contribution in [2.75, 3.05) is 0 Å². The van der Waals surface area contributed by atoms with Crippen molar-refractivity contribution >= 4 is 11.6 Å². The third-order valence-electron chi connectivity index (χ3n) is 2.81. The minimum absolute atomic E-state index is 1.15. The molecule has 0 N–H and O–H groups in total. The van der Waals surface area contributed by atoms with E-state index in [1.54, 1.807) is 5.54 Å². The molecule has 0 nitrogen and oxygen atoms in total. The van der Waals surface area contributed by atoms with E-state index in [0.717, 1.165) is 6.42 Å². The van der Waals surface area contributed by atoms with Crippen molar-refractivity contribution in [2.45, 2.75) is 77.6 Å². The van der Waals surface area contributed by atoms with Crippen molar-refractivity contribution in [1.29, 1.82) is 0 Å².